The highest BCUT2D eigenvalue weighted by Crippen LogP contribution is 2.32. The Bertz CT molecular complexity index is 1320. The van der Waals surface area contributed by atoms with E-state index in [2.05, 4.69) is 15.9 Å². The number of halogens is 3. The Labute approximate surface area is 203 Å². The topological polar surface area (TPSA) is 74.8 Å². The number of hydrogen-bond acceptors (Lipinski definition) is 4. The molecule has 0 saturated carbocycles. The Morgan fingerprint density at radius 1 is 1.00 bits per heavy atom. The second-order valence-corrected chi connectivity index (χ2v) is 10.6. The van der Waals surface area contributed by atoms with Crippen molar-refractivity contribution >= 4 is 55.1 Å². The van der Waals surface area contributed by atoms with Crippen LogP contribution in [0.5, 0.6) is 0 Å². The van der Waals surface area contributed by atoms with Gasteiger partial charge in [-0.2, -0.15) is 4.31 Å². The summed E-state index contributed by atoms with van der Waals surface area (Å²) < 4.78 is 42.3. The van der Waals surface area contributed by atoms with E-state index in [1.807, 2.05) is 0 Å². The van der Waals surface area contributed by atoms with Crippen LogP contribution in [0, 0.1) is 5.82 Å². The number of anilines is 1. The van der Waals surface area contributed by atoms with E-state index in [1.54, 1.807) is 36.4 Å². The summed E-state index contributed by atoms with van der Waals surface area (Å²) in [5, 5.41) is 0.334. The van der Waals surface area contributed by atoms with E-state index in [-0.39, 0.29) is 23.5 Å². The van der Waals surface area contributed by atoms with Crippen LogP contribution in [0.1, 0.15) is 12.0 Å². The maximum absolute atomic E-state index is 13.6. The summed E-state index contributed by atoms with van der Waals surface area (Å²) in [5.74, 6) is -1.81. The monoisotopic (exact) mass is 550 g/mol. The lowest BCUT2D eigenvalue weighted by atomic mass is 10.2. The van der Waals surface area contributed by atoms with Gasteiger partial charge in [0.05, 0.1) is 17.0 Å². The van der Waals surface area contributed by atoms with Gasteiger partial charge >= 0.3 is 0 Å². The van der Waals surface area contributed by atoms with Gasteiger partial charge in [0.2, 0.25) is 15.9 Å². The van der Waals surface area contributed by atoms with Crippen LogP contribution in [0.3, 0.4) is 0 Å². The molecule has 0 spiro atoms. The number of imide groups is 1. The average Bonchev–Trinajstić information content (AvgIpc) is 3.07. The number of carbonyl (C=O) groups is 2. The van der Waals surface area contributed by atoms with E-state index < -0.39 is 33.7 Å². The Kier molecular flexibility index (Phi) is 6.67. The molecule has 170 valence electrons. The summed E-state index contributed by atoms with van der Waals surface area (Å²) in [4.78, 5) is 26.9. The molecule has 1 fully saturated rings. The largest absolute Gasteiger partial charge is 0.274 e. The summed E-state index contributed by atoms with van der Waals surface area (Å²) in [6.07, 6.45) is -0.351. The third-order valence-corrected chi connectivity index (χ3v) is 8.03. The molecule has 33 heavy (non-hydrogen) atoms. The quantitative estimate of drug-likeness (QED) is 0.414. The molecular weight excluding hydrogens is 535 g/mol. The lowest BCUT2D eigenvalue weighted by Crippen LogP contribution is -2.45. The van der Waals surface area contributed by atoms with Crippen LogP contribution in [0.15, 0.2) is 82.2 Å². The van der Waals surface area contributed by atoms with E-state index in [4.69, 9.17) is 11.6 Å². The van der Waals surface area contributed by atoms with Gasteiger partial charge in [0.1, 0.15) is 11.9 Å². The molecule has 1 atom stereocenters. The molecule has 3 aromatic rings. The van der Waals surface area contributed by atoms with Crippen LogP contribution < -0.4 is 4.90 Å². The number of amides is 2. The molecule has 1 aliphatic rings. The van der Waals surface area contributed by atoms with E-state index in [0.717, 1.165) is 21.3 Å². The fourth-order valence-corrected chi connectivity index (χ4v) is 5.62. The third-order valence-electron chi connectivity index (χ3n) is 5.26. The molecule has 3 aromatic carbocycles. The predicted octanol–water partition coefficient (Wildman–Crippen LogP) is 4.76. The smallest absolute Gasteiger partial charge is 0.252 e. The number of rotatable bonds is 6. The van der Waals surface area contributed by atoms with Gasteiger partial charge in [0.25, 0.3) is 5.91 Å². The summed E-state index contributed by atoms with van der Waals surface area (Å²) in [6, 6.07) is 16.2. The number of hydrogen-bond donors (Lipinski definition) is 0. The van der Waals surface area contributed by atoms with Crippen LogP contribution in [0.4, 0.5) is 10.1 Å². The molecule has 0 aromatic heterocycles. The van der Waals surface area contributed by atoms with Crippen LogP contribution in [-0.4, -0.2) is 30.6 Å². The Hall–Kier alpha value is -2.59. The van der Waals surface area contributed by atoms with Gasteiger partial charge in [-0.15, -0.1) is 0 Å². The van der Waals surface area contributed by atoms with E-state index in [1.165, 1.54) is 24.3 Å². The van der Waals surface area contributed by atoms with E-state index in [9.17, 15) is 22.4 Å². The lowest BCUT2D eigenvalue weighted by molar-refractivity contribution is -0.122. The zero-order valence-electron chi connectivity index (χ0n) is 17.0. The summed E-state index contributed by atoms with van der Waals surface area (Å²) in [6.45, 7) is -0.209. The summed E-state index contributed by atoms with van der Waals surface area (Å²) in [7, 11) is -4.19. The van der Waals surface area contributed by atoms with Crippen LogP contribution in [-0.2, 0) is 26.2 Å². The number of nitrogens with zero attached hydrogens (tertiary/aromatic N) is 2. The average molecular weight is 552 g/mol. The van der Waals surface area contributed by atoms with Gasteiger partial charge in [-0.05, 0) is 60.2 Å². The van der Waals surface area contributed by atoms with Gasteiger partial charge in [-0.25, -0.2) is 17.7 Å². The fourth-order valence-electron chi connectivity index (χ4n) is 3.60. The van der Waals surface area contributed by atoms with Crippen molar-refractivity contribution in [2.75, 3.05) is 4.90 Å². The second kappa shape index (κ2) is 9.34. The molecule has 1 heterocycles. The van der Waals surface area contributed by atoms with Crippen molar-refractivity contribution in [3.8, 4) is 0 Å². The van der Waals surface area contributed by atoms with E-state index >= 15 is 0 Å². The Morgan fingerprint density at radius 2 is 1.64 bits per heavy atom. The Morgan fingerprint density at radius 3 is 2.27 bits per heavy atom. The summed E-state index contributed by atoms with van der Waals surface area (Å²) >= 11 is 9.55. The molecular formula is C23H17BrClFN2O4S. The molecule has 0 N–H and O–H groups in total. The minimum atomic E-state index is -4.19. The zero-order chi connectivity index (χ0) is 23.8. The second-order valence-electron chi connectivity index (χ2n) is 7.36. The molecule has 0 radical (unpaired) electrons. The van der Waals surface area contributed by atoms with Crippen LogP contribution in [0.25, 0.3) is 0 Å². The molecule has 1 unspecified atom stereocenters. The molecule has 1 aliphatic heterocycles. The first-order chi connectivity index (χ1) is 15.7. The van der Waals surface area contributed by atoms with Crippen molar-refractivity contribution in [2.24, 2.45) is 0 Å². The van der Waals surface area contributed by atoms with Crippen molar-refractivity contribution in [1.82, 2.24) is 4.31 Å². The number of carbonyl (C=O) groups excluding carboxylic acids is 2. The van der Waals surface area contributed by atoms with Gasteiger partial charge < -0.3 is 0 Å². The van der Waals surface area contributed by atoms with Gasteiger partial charge in [0, 0.05) is 16.0 Å². The first-order valence-corrected chi connectivity index (χ1v) is 12.4. The van der Waals surface area contributed by atoms with Gasteiger partial charge in [0.15, 0.2) is 0 Å². The maximum Gasteiger partial charge on any atom is 0.252 e. The normalized spacial score (nSPS) is 16.6. The first kappa shape index (κ1) is 23.6. The zero-order valence-corrected chi connectivity index (χ0v) is 20.1. The van der Waals surface area contributed by atoms with Crippen molar-refractivity contribution in [3.05, 3.63) is 93.7 Å². The fraction of sp³-hybridized carbons (Fsp3) is 0.130. The first-order valence-electron chi connectivity index (χ1n) is 9.81. The maximum atomic E-state index is 13.6. The predicted molar refractivity (Wildman–Crippen MR) is 126 cm³/mol. The minimum Gasteiger partial charge on any atom is -0.274 e. The molecule has 0 bridgehead atoms. The van der Waals surface area contributed by atoms with Crippen molar-refractivity contribution in [1.29, 1.82) is 0 Å². The van der Waals surface area contributed by atoms with Gasteiger partial charge in [-0.3, -0.25) is 9.59 Å². The highest BCUT2D eigenvalue weighted by atomic mass is 79.9. The molecule has 10 heteroatoms. The molecule has 1 saturated heterocycles. The SMILES string of the molecule is O=C1CC(N(Cc2ccccc2Cl)S(=O)(=O)c2ccc(Br)cc2)C(=O)N1c1ccc(F)cc1. The van der Waals surface area contributed by atoms with Gasteiger partial charge in [-0.1, -0.05) is 45.7 Å². The standard InChI is InChI=1S/C23H17BrClFN2O4S/c24-16-5-11-19(12-6-16)33(31,32)27(14-15-3-1-2-4-20(15)25)21-13-22(29)28(23(21)30)18-9-7-17(26)8-10-18/h1-12,21H,13-14H2. The van der Waals surface area contributed by atoms with E-state index in [0.29, 0.717) is 15.1 Å². The molecule has 2 amide bonds. The van der Waals surface area contributed by atoms with Crippen LogP contribution >= 0.6 is 27.5 Å². The van der Waals surface area contributed by atoms with Crippen LogP contribution in [0.2, 0.25) is 5.02 Å². The Balaban J connectivity index is 1.77. The molecule has 4 rings (SSSR count). The van der Waals surface area contributed by atoms with Crippen molar-refractivity contribution in [2.45, 2.75) is 23.9 Å². The lowest BCUT2D eigenvalue weighted by Gasteiger charge is -2.27. The number of sulfonamides is 1. The highest BCUT2D eigenvalue weighted by Gasteiger charge is 2.47. The summed E-state index contributed by atoms with van der Waals surface area (Å²) in [5.41, 5.74) is 0.660. The van der Waals surface area contributed by atoms with Crippen molar-refractivity contribution in [3.63, 3.8) is 0 Å². The molecule has 0 aliphatic carbocycles. The van der Waals surface area contributed by atoms with Crippen molar-refractivity contribution < 1.29 is 22.4 Å². The third kappa shape index (κ3) is 4.72. The molecule has 6 nitrogen and oxygen atoms in total. The minimum absolute atomic E-state index is 0.0294. The highest BCUT2D eigenvalue weighted by molar-refractivity contribution is 9.10. The number of benzene rings is 3.